The molecule has 2 heterocycles. The maximum atomic E-state index is 13.3. The normalized spacial score (nSPS) is 18.0. The lowest BCUT2D eigenvalue weighted by molar-refractivity contribution is -0.136. The molecule has 0 saturated carbocycles. The minimum Gasteiger partial charge on any atom is -0.375 e. The molecule has 0 fully saturated rings. The fraction of sp³-hybridized carbons (Fsp3) is 0.120. The Hall–Kier alpha value is -3.28. The van der Waals surface area contributed by atoms with Gasteiger partial charge >= 0.3 is 0 Å². The maximum absolute atomic E-state index is 13.3. The summed E-state index contributed by atoms with van der Waals surface area (Å²) >= 11 is 1.56. The Morgan fingerprint density at radius 1 is 0.933 bits per heavy atom. The molecule has 5 rings (SSSR count). The summed E-state index contributed by atoms with van der Waals surface area (Å²) in [5.41, 5.74) is -0.231. The largest absolute Gasteiger partial charge is 0.375 e. The monoisotopic (exact) mass is 413 g/mol. The third kappa shape index (κ3) is 3.03. The number of rotatable bonds is 5. The molecule has 1 aliphatic heterocycles. The quantitative estimate of drug-likeness (QED) is 0.473. The Morgan fingerprint density at radius 2 is 1.70 bits per heavy atom. The molecule has 0 bridgehead atoms. The highest BCUT2D eigenvalue weighted by molar-refractivity contribution is 7.09. The summed E-state index contributed by atoms with van der Waals surface area (Å²) in [4.78, 5) is 29.0. The van der Waals surface area contributed by atoms with Crippen molar-refractivity contribution in [2.24, 2.45) is 0 Å². The van der Waals surface area contributed by atoms with E-state index >= 15 is 0 Å². The summed E-state index contributed by atoms with van der Waals surface area (Å²) in [6, 6.07) is 24.3. The Balaban J connectivity index is 1.49. The van der Waals surface area contributed by atoms with E-state index in [4.69, 9.17) is 0 Å². The lowest BCUT2D eigenvalue weighted by Crippen LogP contribution is -2.41. The van der Waals surface area contributed by atoms with E-state index in [0.29, 0.717) is 23.4 Å². The smallest absolute Gasteiger partial charge is 0.264 e. The topological polar surface area (TPSA) is 57.6 Å². The molecule has 0 aliphatic carbocycles. The molecule has 1 atom stereocenters. The molecule has 1 unspecified atom stereocenters. The first-order chi connectivity index (χ1) is 14.6. The molecule has 5 heteroatoms. The highest BCUT2D eigenvalue weighted by atomic mass is 32.1. The molecule has 30 heavy (non-hydrogen) atoms. The number of hydrogen-bond donors (Lipinski definition) is 1. The van der Waals surface area contributed by atoms with Crippen molar-refractivity contribution in [2.75, 3.05) is 4.90 Å². The summed E-state index contributed by atoms with van der Waals surface area (Å²) < 4.78 is 0. The number of ketones is 1. The molecule has 1 N–H and O–H groups in total. The summed E-state index contributed by atoms with van der Waals surface area (Å²) in [5.74, 6) is -0.712. The Labute approximate surface area is 178 Å². The number of hydrogen-bond acceptors (Lipinski definition) is 4. The van der Waals surface area contributed by atoms with Crippen LogP contribution in [0.3, 0.4) is 0 Å². The summed E-state index contributed by atoms with van der Waals surface area (Å²) in [6.45, 7) is 0.375. The van der Waals surface area contributed by atoms with E-state index in [1.165, 1.54) is 0 Å². The third-order valence-corrected chi connectivity index (χ3v) is 6.48. The van der Waals surface area contributed by atoms with Crippen molar-refractivity contribution in [2.45, 2.75) is 18.6 Å². The molecule has 4 nitrogen and oxygen atoms in total. The van der Waals surface area contributed by atoms with Crippen LogP contribution in [-0.2, 0) is 16.9 Å². The van der Waals surface area contributed by atoms with Crippen LogP contribution in [0.1, 0.15) is 27.2 Å². The van der Waals surface area contributed by atoms with Gasteiger partial charge in [-0.1, -0.05) is 60.7 Å². The second-order valence-electron chi connectivity index (χ2n) is 7.51. The highest BCUT2D eigenvalue weighted by Crippen LogP contribution is 2.43. The lowest BCUT2D eigenvalue weighted by atomic mass is 9.88. The zero-order chi connectivity index (χ0) is 20.7. The average molecular weight is 413 g/mol. The Kier molecular flexibility index (Phi) is 4.50. The van der Waals surface area contributed by atoms with Crippen molar-refractivity contribution in [3.05, 3.63) is 100 Å². The van der Waals surface area contributed by atoms with E-state index < -0.39 is 11.5 Å². The van der Waals surface area contributed by atoms with Gasteiger partial charge in [0.05, 0.1) is 18.7 Å². The number of Topliss-reactive ketones (excluding diaryl/α,β-unsaturated/α-hetero) is 1. The summed E-state index contributed by atoms with van der Waals surface area (Å²) in [6.07, 6.45) is -0.290. The van der Waals surface area contributed by atoms with Crippen LogP contribution in [-0.4, -0.2) is 16.8 Å². The van der Waals surface area contributed by atoms with Crippen LogP contribution >= 0.6 is 11.3 Å². The van der Waals surface area contributed by atoms with Gasteiger partial charge in [-0.3, -0.25) is 9.59 Å². The number of amides is 1. The van der Waals surface area contributed by atoms with Crippen molar-refractivity contribution >= 4 is 39.5 Å². The second-order valence-corrected chi connectivity index (χ2v) is 8.54. The van der Waals surface area contributed by atoms with E-state index in [0.717, 1.165) is 15.6 Å². The molecule has 1 aromatic heterocycles. The van der Waals surface area contributed by atoms with Gasteiger partial charge in [0.1, 0.15) is 0 Å². The number of nitrogens with zero attached hydrogens (tertiary/aromatic N) is 1. The number of carbonyl (C=O) groups excluding carboxylic acids is 2. The second kappa shape index (κ2) is 7.20. The minimum absolute atomic E-state index is 0.260. The first kappa shape index (κ1) is 18.7. The number of anilines is 1. The lowest BCUT2D eigenvalue weighted by Gasteiger charge is -2.22. The van der Waals surface area contributed by atoms with Crippen molar-refractivity contribution < 1.29 is 14.7 Å². The molecular formula is C25H19NO3S. The highest BCUT2D eigenvalue weighted by Gasteiger charge is 2.50. The number of aliphatic hydroxyl groups is 1. The van der Waals surface area contributed by atoms with Gasteiger partial charge in [-0.2, -0.15) is 0 Å². The van der Waals surface area contributed by atoms with Crippen LogP contribution < -0.4 is 4.90 Å². The fourth-order valence-corrected chi connectivity index (χ4v) is 4.78. The molecule has 148 valence electrons. The molecule has 4 aromatic rings. The van der Waals surface area contributed by atoms with Crippen LogP contribution in [0.25, 0.3) is 10.8 Å². The molecule has 0 saturated heterocycles. The predicted octanol–water partition coefficient (Wildman–Crippen LogP) is 4.91. The fourth-order valence-electron chi connectivity index (χ4n) is 4.09. The number of thiophene rings is 1. The van der Waals surface area contributed by atoms with Gasteiger partial charge in [0.25, 0.3) is 5.91 Å². The van der Waals surface area contributed by atoms with E-state index in [9.17, 15) is 14.7 Å². The van der Waals surface area contributed by atoms with E-state index in [2.05, 4.69) is 0 Å². The molecule has 0 spiro atoms. The SMILES string of the molecule is O=C(CC1(O)C(=O)N(Cc2cccs2)c2ccccc21)c1ccc2ccccc2c1. The average Bonchev–Trinajstić information content (AvgIpc) is 3.36. The number of fused-ring (bicyclic) bond motifs is 2. The minimum atomic E-state index is -1.86. The third-order valence-electron chi connectivity index (χ3n) is 5.62. The number of carbonyl (C=O) groups is 2. The predicted molar refractivity (Wildman–Crippen MR) is 119 cm³/mol. The standard InChI is InChI=1S/C25H19NO3S/c27-23(19-12-11-17-6-1-2-7-18(17)14-19)15-25(29)21-9-3-4-10-22(21)26(24(25)28)16-20-8-5-13-30-20/h1-14,29H,15-16H2. The van der Waals surface area contributed by atoms with Crippen molar-refractivity contribution in [3.63, 3.8) is 0 Å². The van der Waals surface area contributed by atoms with E-state index in [1.54, 1.807) is 34.4 Å². The number of benzene rings is 3. The van der Waals surface area contributed by atoms with Crippen molar-refractivity contribution in [1.82, 2.24) is 0 Å². The zero-order valence-corrected chi connectivity index (χ0v) is 16.9. The molecular weight excluding hydrogens is 394 g/mol. The van der Waals surface area contributed by atoms with Gasteiger partial charge in [0, 0.05) is 16.0 Å². The molecule has 0 radical (unpaired) electrons. The first-order valence-electron chi connectivity index (χ1n) is 9.74. The van der Waals surface area contributed by atoms with Crippen LogP contribution in [0.5, 0.6) is 0 Å². The molecule has 1 amide bonds. The van der Waals surface area contributed by atoms with Crippen molar-refractivity contribution in [3.8, 4) is 0 Å². The van der Waals surface area contributed by atoms with Crippen molar-refractivity contribution in [1.29, 1.82) is 0 Å². The summed E-state index contributed by atoms with van der Waals surface area (Å²) in [5, 5.41) is 15.4. The van der Waals surface area contributed by atoms with Crippen LogP contribution in [0, 0.1) is 0 Å². The van der Waals surface area contributed by atoms with Gasteiger partial charge < -0.3 is 10.0 Å². The number of para-hydroxylation sites is 1. The maximum Gasteiger partial charge on any atom is 0.264 e. The van der Waals surface area contributed by atoms with Gasteiger partial charge in [-0.25, -0.2) is 0 Å². The van der Waals surface area contributed by atoms with Gasteiger partial charge in [0.2, 0.25) is 0 Å². The van der Waals surface area contributed by atoms with Crippen LogP contribution in [0.15, 0.2) is 84.2 Å². The van der Waals surface area contributed by atoms with Gasteiger partial charge in [-0.15, -0.1) is 11.3 Å². The van der Waals surface area contributed by atoms with Crippen LogP contribution in [0.2, 0.25) is 0 Å². The van der Waals surface area contributed by atoms with Gasteiger partial charge in [-0.05, 0) is 34.4 Å². The van der Waals surface area contributed by atoms with Gasteiger partial charge in [0.15, 0.2) is 11.4 Å². The van der Waals surface area contributed by atoms with E-state index in [-0.39, 0.29) is 12.2 Å². The first-order valence-corrected chi connectivity index (χ1v) is 10.6. The Morgan fingerprint density at radius 3 is 2.50 bits per heavy atom. The van der Waals surface area contributed by atoms with E-state index in [1.807, 2.05) is 66.0 Å². The zero-order valence-electron chi connectivity index (χ0n) is 16.1. The van der Waals surface area contributed by atoms with Crippen LogP contribution in [0.4, 0.5) is 5.69 Å². The molecule has 1 aliphatic rings. The molecule has 3 aromatic carbocycles. The Bertz CT molecular complexity index is 1260. The summed E-state index contributed by atoms with van der Waals surface area (Å²) in [7, 11) is 0.